The molecule has 1 aliphatic heterocycles. The summed E-state index contributed by atoms with van der Waals surface area (Å²) in [5, 5.41) is 3.58. The van der Waals surface area contributed by atoms with E-state index in [0.29, 0.717) is 0 Å². The molecule has 1 aromatic rings. The van der Waals surface area contributed by atoms with Gasteiger partial charge in [-0.05, 0) is 36.4 Å². The van der Waals surface area contributed by atoms with Crippen molar-refractivity contribution in [1.29, 1.82) is 0 Å². The average molecular weight is 283 g/mol. The summed E-state index contributed by atoms with van der Waals surface area (Å²) in [7, 11) is -3.13. The van der Waals surface area contributed by atoms with Crippen LogP contribution in [0.15, 0.2) is 40.6 Å². The third kappa shape index (κ3) is 3.36. The van der Waals surface area contributed by atoms with E-state index in [1.165, 1.54) is 6.08 Å². The first-order valence-electron chi connectivity index (χ1n) is 5.41. The monoisotopic (exact) mass is 283 g/mol. The zero-order valence-corrected chi connectivity index (χ0v) is 11.4. The van der Waals surface area contributed by atoms with Crippen molar-refractivity contribution in [2.75, 3.05) is 5.75 Å². The molecule has 6 heteroatoms. The van der Waals surface area contributed by atoms with Gasteiger partial charge in [0.15, 0.2) is 9.84 Å². The van der Waals surface area contributed by atoms with Crippen LogP contribution in [0.4, 0.5) is 4.79 Å². The Morgan fingerprint density at radius 1 is 1.39 bits per heavy atom. The molecule has 0 spiro atoms. The van der Waals surface area contributed by atoms with Gasteiger partial charge in [-0.15, -0.1) is 0 Å². The zero-order chi connectivity index (χ0) is 13.2. The maximum atomic E-state index is 11.8. The Morgan fingerprint density at radius 2 is 2.11 bits per heavy atom. The van der Waals surface area contributed by atoms with Gasteiger partial charge in [-0.2, -0.15) is 0 Å². The van der Waals surface area contributed by atoms with Crippen LogP contribution in [0.3, 0.4) is 0 Å². The molecule has 1 atom stereocenters. The number of carbonyl (C=O) groups is 1. The molecule has 1 unspecified atom stereocenters. The standard InChI is InChI=1S/C12H13NO3S2/c1-9-4-2-3-5-11(9)17-12(14)13-10-6-7-18(15,16)8-10/h2-7,10H,8H2,1H3,(H,13,14). The van der Waals surface area contributed by atoms with Crippen LogP contribution in [-0.2, 0) is 9.84 Å². The van der Waals surface area contributed by atoms with Gasteiger partial charge in [-0.3, -0.25) is 4.79 Å². The minimum Gasteiger partial charge on any atom is -0.339 e. The van der Waals surface area contributed by atoms with Gasteiger partial charge in [0, 0.05) is 10.3 Å². The van der Waals surface area contributed by atoms with E-state index in [9.17, 15) is 13.2 Å². The third-order valence-corrected chi connectivity index (χ3v) is 4.91. The second kappa shape index (κ2) is 5.16. The Labute approximate surface area is 110 Å². The summed E-state index contributed by atoms with van der Waals surface area (Å²) < 4.78 is 22.4. The summed E-state index contributed by atoms with van der Waals surface area (Å²) >= 11 is 1.08. The number of aryl methyl sites for hydroxylation is 1. The van der Waals surface area contributed by atoms with Crippen molar-refractivity contribution in [2.45, 2.75) is 17.9 Å². The average Bonchev–Trinajstić information content (AvgIpc) is 2.61. The lowest BCUT2D eigenvalue weighted by Gasteiger charge is -2.10. The maximum absolute atomic E-state index is 11.8. The fourth-order valence-corrected chi connectivity index (χ4v) is 3.64. The molecular formula is C12H13NO3S2. The molecule has 1 aromatic carbocycles. The molecule has 18 heavy (non-hydrogen) atoms. The van der Waals surface area contributed by atoms with Gasteiger partial charge < -0.3 is 5.32 Å². The molecule has 2 rings (SSSR count). The highest BCUT2D eigenvalue weighted by Gasteiger charge is 2.23. The number of sulfone groups is 1. The van der Waals surface area contributed by atoms with Crippen LogP contribution in [0.5, 0.6) is 0 Å². The van der Waals surface area contributed by atoms with Crippen LogP contribution in [0.25, 0.3) is 0 Å². The van der Waals surface area contributed by atoms with Gasteiger partial charge in [0.2, 0.25) is 0 Å². The van der Waals surface area contributed by atoms with E-state index in [4.69, 9.17) is 0 Å². The Hall–Kier alpha value is -1.27. The molecule has 0 fully saturated rings. The molecular weight excluding hydrogens is 270 g/mol. The van der Waals surface area contributed by atoms with E-state index >= 15 is 0 Å². The number of benzene rings is 1. The van der Waals surface area contributed by atoms with Gasteiger partial charge in [-0.1, -0.05) is 18.2 Å². The Balaban J connectivity index is 1.95. The molecule has 1 N–H and O–H groups in total. The molecule has 0 aliphatic carbocycles. The first-order valence-corrected chi connectivity index (χ1v) is 7.94. The highest BCUT2D eigenvalue weighted by atomic mass is 32.2. The molecule has 0 radical (unpaired) electrons. The second-order valence-electron chi connectivity index (χ2n) is 4.06. The zero-order valence-electron chi connectivity index (χ0n) is 9.79. The van der Waals surface area contributed by atoms with Crippen molar-refractivity contribution in [3.8, 4) is 0 Å². The van der Waals surface area contributed by atoms with E-state index in [1.54, 1.807) is 0 Å². The van der Waals surface area contributed by atoms with Gasteiger partial charge in [0.05, 0.1) is 11.8 Å². The summed E-state index contributed by atoms with van der Waals surface area (Å²) in [4.78, 5) is 12.6. The van der Waals surface area contributed by atoms with Gasteiger partial charge in [0.1, 0.15) is 0 Å². The van der Waals surface area contributed by atoms with Crippen molar-refractivity contribution < 1.29 is 13.2 Å². The van der Waals surface area contributed by atoms with E-state index in [1.807, 2.05) is 31.2 Å². The second-order valence-corrected chi connectivity index (χ2v) is 7.01. The first-order chi connectivity index (χ1) is 8.46. The minimum absolute atomic E-state index is 0.0485. The lowest BCUT2D eigenvalue weighted by Crippen LogP contribution is -2.32. The van der Waals surface area contributed by atoms with Crippen molar-refractivity contribution in [3.05, 3.63) is 41.3 Å². The molecule has 0 saturated carbocycles. The first kappa shape index (κ1) is 13.2. The van der Waals surface area contributed by atoms with Gasteiger partial charge in [-0.25, -0.2) is 8.42 Å². The summed E-state index contributed by atoms with van der Waals surface area (Å²) in [6.07, 6.45) is 1.51. The molecule has 4 nitrogen and oxygen atoms in total. The van der Waals surface area contributed by atoms with E-state index in [-0.39, 0.29) is 11.0 Å². The molecule has 0 aromatic heterocycles. The van der Waals surface area contributed by atoms with Crippen molar-refractivity contribution in [1.82, 2.24) is 5.32 Å². The molecule has 1 aliphatic rings. The quantitative estimate of drug-likeness (QED) is 0.844. The number of rotatable bonds is 2. The molecule has 0 saturated heterocycles. The lowest BCUT2D eigenvalue weighted by molar-refractivity contribution is 0.259. The van der Waals surface area contributed by atoms with Gasteiger partial charge in [0.25, 0.3) is 5.24 Å². The van der Waals surface area contributed by atoms with E-state index in [2.05, 4.69) is 5.32 Å². The maximum Gasteiger partial charge on any atom is 0.284 e. The van der Waals surface area contributed by atoms with Crippen molar-refractivity contribution in [2.24, 2.45) is 0 Å². The largest absolute Gasteiger partial charge is 0.339 e. The van der Waals surface area contributed by atoms with Crippen LogP contribution >= 0.6 is 11.8 Å². The fraction of sp³-hybridized carbons (Fsp3) is 0.250. The number of hydrogen-bond acceptors (Lipinski definition) is 4. The highest BCUT2D eigenvalue weighted by molar-refractivity contribution is 8.13. The predicted molar refractivity (Wildman–Crippen MR) is 72.3 cm³/mol. The number of nitrogens with one attached hydrogen (secondary N) is 1. The smallest absolute Gasteiger partial charge is 0.284 e. The Morgan fingerprint density at radius 3 is 2.72 bits per heavy atom. The van der Waals surface area contributed by atoms with Crippen LogP contribution in [0.1, 0.15) is 5.56 Å². The highest BCUT2D eigenvalue weighted by Crippen LogP contribution is 2.22. The van der Waals surface area contributed by atoms with Crippen LogP contribution in [-0.4, -0.2) is 25.5 Å². The lowest BCUT2D eigenvalue weighted by atomic mass is 10.2. The number of carbonyl (C=O) groups excluding carboxylic acids is 1. The normalized spacial score (nSPS) is 20.8. The molecule has 1 amide bonds. The number of hydrogen-bond donors (Lipinski definition) is 1. The van der Waals surface area contributed by atoms with Crippen molar-refractivity contribution >= 4 is 26.8 Å². The van der Waals surface area contributed by atoms with Gasteiger partial charge >= 0.3 is 0 Å². The molecule has 96 valence electrons. The summed E-state index contributed by atoms with van der Waals surface area (Å²) in [6, 6.07) is 7.14. The molecule has 0 bridgehead atoms. The van der Waals surface area contributed by atoms with E-state index < -0.39 is 15.9 Å². The predicted octanol–water partition coefficient (Wildman–Crippen LogP) is 2.11. The van der Waals surface area contributed by atoms with Crippen LogP contribution < -0.4 is 5.32 Å². The Kier molecular flexibility index (Phi) is 3.77. The van der Waals surface area contributed by atoms with Crippen LogP contribution in [0, 0.1) is 6.92 Å². The van der Waals surface area contributed by atoms with E-state index in [0.717, 1.165) is 27.6 Å². The third-order valence-electron chi connectivity index (χ3n) is 2.53. The van der Waals surface area contributed by atoms with Crippen molar-refractivity contribution in [3.63, 3.8) is 0 Å². The number of thioether (sulfide) groups is 1. The minimum atomic E-state index is -3.13. The summed E-state index contributed by atoms with van der Waals surface area (Å²) in [6.45, 7) is 1.93. The number of amides is 1. The molecule has 1 heterocycles. The topological polar surface area (TPSA) is 63.2 Å². The summed E-state index contributed by atoms with van der Waals surface area (Å²) in [5.74, 6) is -0.0485. The fourth-order valence-electron chi connectivity index (χ4n) is 1.62. The SMILES string of the molecule is Cc1ccccc1SC(=O)NC1C=CS(=O)(=O)C1. The van der Waals surface area contributed by atoms with Crippen LogP contribution in [0.2, 0.25) is 0 Å². The Bertz CT molecular complexity index is 593. The summed E-state index contributed by atoms with van der Waals surface area (Å²) in [5.41, 5.74) is 1.02.